The molecule has 0 aliphatic carbocycles. The molecule has 1 heterocycles. The lowest BCUT2D eigenvalue weighted by atomic mass is 9.87. The summed E-state index contributed by atoms with van der Waals surface area (Å²) in [5, 5.41) is 18.3. The Kier molecular flexibility index (Phi) is 6.41. The molecule has 0 nitrogen and oxygen atoms in total. The molecule has 0 unspecified atom stereocenters. The van der Waals surface area contributed by atoms with Gasteiger partial charge in [0.05, 0.1) is 0 Å². The molecule has 262 valence electrons. The summed E-state index contributed by atoms with van der Waals surface area (Å²) in [6, 6.07) is 72.9. The lowest BCUT2D eigenvalue weighted by molar-refractivity contribution is 1.65. The van der Waals surface area contributed by atoms with Gasteiger partial charge < -0.3 is 0 Å². The Balaban J connectivity index is 1.15. The van der Waals surface area contributed by atoms with E-state index in [1.807, 2.05) is 11.3 Å². The predicted molar refractivity (Wildman–Crippen MR) is 248 cm³/mol. The molecule has 1 heteroatoms. The van der Waals surface area contributed by atoms with Crippen LogP contribution in [0.2, 0.25) is 0 Å². The number of thiophene rings is 1. The Morgan fingerprint density at radius 1 is 0.228 bits per heavy atom. The molecule has 0 aliphatic rings. The van der Waals surface area contributed by atoms with Crippen molar-refractivity contribution in [3.05, 3.63) is 194 Å². The van der Waals surface area contributed by atoms with Gasteiger partial charge in [-0.3, -0.25) is 0 Å². The van der Waals surface area contributed by atoms with Gasteiger partial charge in [-0.2, -0.15) is 0 Å². The number of hydrogen-bond acceptors (Lipinski definition) is 1. The molecule has 0 saturated carbocycles. The molecule has 0 spiro atoms. The summed E-state index contributed by atoms with van der Waals surface area (Å²) in [7, 11) is 0. The summed E-state index contributed by atoms with van der Waals surface area (Å²) in [6.45, 7) is 0. The van der Waals surface area contributed by atoms with Crippen LogP contribution in [0.3, 0.4) is 0 Å². The Bertz CT molecular complexity index is 3440. The minimum atomic E-state index is 1.24. The smallest absolute Gasteiger partial charge is 0.0434 e. The molecule has 0 saturated heterocycles. The Hall–Kier alpha value is -7.06. The normalized spacial score (nSPS) is 12.2. The van der Waals surface area contributed by atoms with Crippen molar-refractivity contribution in [1.82, 2.24) is 0 Å². The zero-order chi connectivity index (χ0) is 37.2. The summed E-state index contributed by atoms with van der Waals surface area (Å²) in [5.41, 5.74) is 10.1. The van der Waals surface area contributed by atoms with E-state index in [1.165, 1.54) is 129 Å². The third kappa shape index (κ3) is 4.49. The zero-order valence-corrected chi connectivity index (χ0v) is 31.7. The Morgan fingerprint density at radius 2 is 0.596 bits per heavy atom. The first-order chi connectivity index (χ1) is 28.2. The molecular formula is C56H32S. The number of hydrogen-bond donors (Lipinski definition) is 0. The molecule has 13 aromatic rings. The molecule has 0 radical (unpaired) electrons. The standard InChI is InChI=1S/C56H32S/c1-3-9-33(10-4-1)47-29-41(43-25-21-39-19-17-35-13-7-15-37-23-27-45(43)53(39)51(35)37)31-49-50-32-42(30-48(56(50)57-55(47)49)34-11-5-2-6-12-34)44-26-22-40-20-18-36-14-8-16-38-24-28-46(44)54(40)52(36)38/h1-32H. The first kappa shape index (κ1) is 31.2. The fourth-order valence-corrected chi connectivity index (χ4v) is 11.3. The summed E-state index contributed by atoms with van der Waals surface area (Å²) in [4.78, 5) is 0. The van der Waals surface area contributed by atoms with Crippen LogP contribution in [0, 0.1) is 0 Å². The second kappa shape index (κ2) is 11.7. The van der Waals surface area contributed by atoms with E-state index in [9.17, 15) is 0 Å². The quantitative estimate of drug-likeness (QED) is 0.158. The Labute approximate surface area is 333 Å². The molecule has 0 aliphatic heterocycles. The van der Waals surface area contributed by atoms with Crippen LogP contribution in [-0.2, 0) is 0 Å². The average molecular weight is 737 g/mol. The number of fused-ring (bicyclic) bond motifs is 3. The SMILES string of the molecule is c1ccc(-c2cc(-c3ccc4ccc5cccc6ccc3c4c56)cc3c2sc2c(-c4ccccc4)cc(-c4ccc5ccc6cccc7ccc4c5c67)cc23)cc1. The van der Waals surface area contributed by atoms with Crippen molar-refractivity contribution in [3.8, 4) is 44.5 Å². The van der Waals surface area contributed by atoms with Crippen molar-refractivity contribution in [1.29, 1.82) is 0 Å². The van der Waals surface area contributed by atoms with E-state index < -0.39 is 0 Å². The van der Waals surface area contributed by atoms with Gasteiger partial charge in [0.2, 0.25) is 0 Å². The first-order valence-electron chi connectivity index (χ1n) is 19.7. The van der Waals surface area contributed by atoms with E-state index in [4.69, 9.17) is 0 Å². The molecule has 0 fully saturated rings. The maximum Gasteiger partial charge on any atom is 0.0434 e. The summed E-state index contributed by atoms with van der Waals surface area (Å²) >= 11 is 1.93. The first-order valence-corrected chi connectivity index (χ1v) is 20.6. The lowest BCUT2D eigenvalue weighted by Crippen LogP contribution is -1.89. The summed E-state index contributed by atoms with van der Waals surface area (Å²) in [6.07, 6.45) is 0. The lowest BCUT2D eigenvalue weighted by Gasteiger charge is -2.16. The fraction of sp³-hybridized carbons (Fsp3) is 0. The highest BCUT2D eigenvalue weighted by molar-refractivity contribution is 7.27. The van der Waals surface area contributed by atoms with Gasteiger partial charge in [0.1, 0.15) is 0 Å². The molecule has 1 aromatic heterocycles. The Morgan fingerprint density at radius 3 is 1.02 bits per heavy atom. The second-order valence-corrected chi connectivity index (χ2v) is 16.6. The third-order valence-electron chi connectivity index (χ3n) is 12.5. The van der Waals surface area contributed by atoms with Crippen LogP contribution < -0.4 is 0 Å². The van der Waals surface area contributed by atoms with Gasteiger partial charge in [-0.15, -0.1) is 11.3 Å². The number of rotatable bonds is 4. The monoisotopic (exact) mass is 736 g/mol. The van der Waals surface area contributed by atoms with Crippen LogP contribution in [0.1, 0.15) is 0 Å². The molecule has 12 aromatic carbocycles. The van der Waals surface area contributed by atoms with Crippen LogP contribution in [0.5, 0.6) is 0 Å². The molecule has 0 N–H and O–H groups in total. The molecule has 57 heavy (non-hydrogen) atoms. The van der Waals surface area contributed by atoms with Crippen molar-refractivity contribution >= 4 is 96.1 Å². The van der Waals surface area contributed by atoms with Crippen LogP contribution in [0.25, 0.3) is 129 Å². The minimum Gasteiger partial charge on any atom is -0.134 e. The maximum atomic E-state index is 2.48. The van der Waals surface area contributed by atoms with Gasteiger partial charge in [-0.1, -0.05) is 170 Å². The molecule has 0 amide bonds. The maximum absolute atomic E-state index is 2.48. The highest BCUT2D eigenvalue weighted by Gasteiger charge is 2.21. The van der Waals surface area contributed by atoms with Gasteiger partial charge in [0, 0.05) is 31.3 Å². The van der Waals surface area contributed by atoms with E-state index in [1.54, 1.807) is 0 Å². The van der Waals surface area contributed by atoms with Crippen molar-refractivity contribution < 1.29 is 0 Å². The van der Waals surface area contributed by atoms with Crippen molar-refractivity contribution in [3.63, 3.8) is 0 Å². The van der Waals surface area contributed by atoms with Gasteiger partial charge >= 0.3 is 0 Å². The molecular weight excluding hydrogens is 705 g/mol. The van der Waals surface area contributed by atoms with E-state index >= 15 is 0 Å². The molecule has 13 rings (SSSR count). The van der Waals surface area contributed by atoms with Crippen LogP contribution in [0.4, 0.5) is 0 Å². The van der Waals surface area contributed by atoms with Crippen molar-refractivity contribution in [2.75, 3.05) is 0 Å². The summed E-state index contributed by atoms with van der Waals surface area (Å²) in [5.74, 6) is 0. The zero-order valence-electron chi connectivity index (χ0n) is 30.9. The van der Waals surface area contributed by atoms with E-state index in [0.29, 0.717) is 0 Å². The van der Waals surface area contributed by atoms with Crippen LogP contribution in [0.15, 0.2) is 194 Å². The summed E-state index contributed by atoms with van der Waals surface area (Å²) < 4.78 is 2.64. The van der Waals surface area contributed by atoms with Crippen molar-refractivity contribution in [2.45, 2.75) is 0 Å². The van der Waals surface area contributed by atoms with Gasteiger partial charge in [-0.05, 0) is 122 Å². The second-order valence-electron chi connectivity index (χ2n) is 15.6. The van der Waals surface area contributed by atoms with Gasteiger partial charge in [0.15, 0.2) is 0 Å². The third-order valence-corrected chi connectivity index (χ3v) is 13.8. The molecule has 0 bridgehead atoms. The molecule has 0 atom stereocenters. The minimum absolute atomic E-state index is 1.24. The number of benzene rings is 12. The topological polar surface area (TPSA) is 0 Å². The predicted octanol–water partition coefficient (Wildman–Crippen LogP) is 16.5. The van der Waals surface area contributed by atoms with Gasteiger partial charge in [-0.25, -0.2) is 0 Å². The largest absolute Gasteiger partial charge is 0.134 e. The van der Waals surface area contributed by atoms with E-state index in [-0.39, 0.29) is 0 Å². The van der Waals surface area contributed by atoms with Crippen molar-refractivity contribution in [2.24, 2.45) is 0 Å². The van der Waals surface area contributed by atoms with E-state index in [2.05, 4.69) is 194 Å². The fourth-order valence-electron chi connectivity index (χ4n) is 9.93. The van der Waals surface area contributed by atoms with Gasteiger partial charge in [0.25, 0.3) is 0 Å². The van der Waals surface area contributed by atoms with Crippen LogP contribution in [-0.4, -0.2) is 0 Å². The average Bonchev–Trinajstić information content (AvgIpc) is 3.66. The highest BCUT2D eigenvalue weighted by atomic mass is 32.1. The highest BCUT2D eigenvalue weighted by Crippen LogP contribution is 2.50. The van der Waals surface area contributed by atoms with Crippen LogP contribution >= 0.6 is 11.3 Å². The van der Waals surface area contributed by atoms with E-state index in [0.717, 1.165) is 0 Å².